The molecule has 0 aliphatic rings. The predicted molar refractivity (Wildman–Crippen MR) is 59.9 cm³/mol. The maximum atomic E-state index is 4.20. The summed E-state index contributed by atoms with van der Waals surface area (Å²) >= 11 is 1.56. The van der Waals surface area contributed by atoms with Crippen LogP contribution in [0.5, 0.6) is 0 Å². The Balaban J connectivity index is 1.98. The Morgan fingerprint density at radius 1 is 1.47 bits per heavy atom. The summed E-state index contributed by atoms with van der Waals surface area (Å²) in [4.78, 5) is 0. The van der Waals surface area contributed by atoms with Crippen molar-refractivity contribution in [3.63, 3.8) is 0 Å². The van der Waals surface area contributed by atoms with Crippen molar-refractivity contribution in [3.8, 4) is 0 Å². The van der Waals surface area contributed by atoms with E-state index in [9.17, 15) is 0 Å². The Morgan fingerprint density at radius 2 is 2.33 bits per heavy atom. The van der Waals surface area contributed by atoms with Crippen molar-refractivity contribution in [3.05, 3.63) is 23.0 Å². The van der Waals surface area contributed by atoms with Gasteiger partial charge in [-0.1, -0.05) is 11.3 Å². The van der Waals surface area contributed by atoms with Gasteiger partial charge in [0.25, 0.3) is 0 Å². The molecule has 0 aliphatic heterocycles. The topological polar surface area (TPSA) is 55.6 Å². The van der Waals surface area contributed by atoms with Gasteiger partial charge < -0.3 is 5.32 Å². The van der Waals surface area contributed by atoms with Crippen LogP contribution in [0.3, 0.4) is 0 Å². The molecule has 1 N–H and O–H groups in total. The number of anilines is 1. The Kier molecular flexibility index (Phi) is 2.96. The number of aromatic nitrogens is 4. The molecule has 0 aromatic carbocycles. The number of nitrogens with one attached hydrogen (secondary N) is 1. The smallest absolute Gasteiger partial charge is 0.205 e. The van der Waals surface area contributed by atoms with Crippen molar-refractivity contribution in [2.45, 2.75) is 26.9 Å². The van der Waals surface area contributed by atoms with E-state index in [1.807, 2.05) is 23.9 Å². The molecule has 0 radical (unpaired) electrons. The molecular formula is C9H13N5S. The highest BCUT2D eigenvalue weighted by atomic mass is 32.1. The van der Waals surface area contributed by atoms with E-state index in [-0.39, 0.29) is 0 Å². The maximum absolute atomic E-state index is 4.20. The molecule has 2 rings (SSSR count). The maximum Gasteiger partial charge on any atom is 0.205 e. The molecule has 0 atom stereocenters. The number of rotatable bonds is 4. The van der Waals surface area contributed by atoms with Gasteiger partial charge in [-0.05, 0) is 19.9 Å². The zero-order valence-corrected chi connectivity index (χ0v) is 9.58. The summed E-state index contributed by atoms with van der Waals surface area (Å²) in [6.07, 6.45) is 1.81. The summed E-state index contributed by atoms with van der Waals surface area (Å²) in [5, 5.41) is 17.2. The number of hydrogen-bond donors (Lipinski definition) is 1. The highest BCUT2D eigenvalue weighted by Crippen LogP contribution is 2.14. The van der Waals surface area contributed by atoms with Crippen LogP contribution in [0.4, 0.5) is 5.13 Å². The Morgan fingerprint density at radius 3 is 3.00 bits per heavy atom. The molecule has 2 aromatic rings. The molecule has 0 amide bonds. The summed E-state index contributed by atoms with van der Waals surface area (Å²) in [5.74, 6) is 0. The summed E-state index contributed by atoms with van der Waals surface area (Å²) < 4.78 is 1.96. The van der Waals surface area contributed by atoms with E-state index in [2.05, 4.69) is 27.5 Å². The molecule has 5 nitrogen and oxygen atoms in total. The van der Waals surface area contributed by atoms with Gasteiger partial charge in [-0.15, -0.1) is 10.2 Å². The highest BCUT2D eigenvalue weighted by molar-refractivity contribution is 7.15. The SMILES string of the molecule is CCn1nccc1CNc1nnc(C)s1. The molecular weight excluding hydrogens is 210 g/mol. The quantitative estimate of drug-likeness (QED) is 0.856. The van der Waals surface area contributed by atoms with Crippen LogP contribution in [0.2, 0.25) is 0 Å². The highest BCUT2D eigenvalue weighted by Gasteiger charge is 2.02. The molecule has 0 saturated heterocycles. The van der Waals surface area contributed by atoms with Crippen molar-refractivity contribution in [2.24, 2.45) is 0 Å². The van der Waals surface area contributed by atoms with Crippen LogP contribution in [0.1, 0.15) is 17.6 Å². The first kappa shape index (κ1) is 10.1. The van der Waals surface area contributed by atoms with Crippen LogP contribution in [0.25, 0.3) is 0 Å². The van der Waals surface area contributed by atoms with E-state index in [1.54, 1.807) is 11.3 Å². The van der Waals surface area contributed by atoms with E-state index < -0.39 is 0 Å². The fraction of sp³-hybridized carbons (Fsp3) is 0.444. The minimum Gasteiger partial charge on any atom is -0.354 e. The first-order valence-electron chi connectivity index (χ1n) is 4.84. The first-order chi connectivity index (χ1) is 7.29. The van der Waals surface area contributed by atoms with Crippen molar-refractivity contribution < 1.29 is 0 Å². The van der Waals surface area contributed by atoms with Gasteiger partial charge >= 0.3 is 0 Å². The summed E-state index contributed by atoms with van der Waals surface area (Å²) in [6.45, 7) is 5.65. The van der Waals surface area contributed by atoms with Crippen molar-refractivity contribution in [2.75, 3.05) is 5.32 Å². The van der Waals surface area contributed by atoms with Gasteiger partial charge in [0.15, 0.2) is 0 Å². The molecule has 0 saturated carbocycles. The van der Waals surface area contributed by atoms with Gasteiger partial charge in [0.2, 0.25) is 5.13 Å². The summed E-state index contributed by atoms with van der Waals surface area (Å²) in [7, 11) is 0. The number of aryl methyl sites for hydroxylation is 2. The van der Waals surface area contributed by atoms with E-state index in [0.717, 1.165) is 28.9 Å². The standard InChI is InChI=1S/C9H13N5S/c1-3-14-8(4-5-11-14)6-10-9-13-12-7(2)15-9/h4-5H,3,6H2,1-2H3,(H,10,13). The first-order valence-corrected chi connectivity index (χ1v) is 5.66. The molecule has 2 heterocycles. The zero-order valence-electron chi connectivity index (χ0n) is 8.77. The lowest BCUT2D eigenvalue weighted by Crippen LogP contribution is -2.07. The number of hydrogen-bond acceptors (Lipinski definition) is 5. The predicted octanol–water partition coefficient (Wildman–Crippen LogP) is 1.68. The molecule has 0 unspecified atom stereocenters. The van der Waals surface area contributed by atoms with E-state index in [4.69, 9.17) is 0 Å². The minimum absolute atomic E-state index is 0.739. The van der Waals surface area contributed by atoms with Gasteiger partial charge in [-0.3, -0.25) is 4.68 Å². The average Bonchev–Trinajstić information content (AvgIpc) is 2.83. The van der Waals surface area contributed by atoms with Gasteiger partial charge in [-0.2, -0.15) is 5.10 Å². The second kappa shape index (κ2) is 4.39. The van der Waals surface area contributed by atoms with Crippen LogP contribution < -0.4 is 5.32 Å². The fourth-order valence-electron chi connectivity index (χ4n) is 1.33. The molecule has 2 aromatic heterocycles. The van der Waals surface area contributed by atoms with Crippen molar-refractivity contribution in [1.29, 1.82) is 0 Å². The van der Waals surface area contributed by atoms with Gasteiger partial charge in [0.05, 0.1) is 12.2 Å². The van der Waals surface area contributed by atoms with Crippen LogP contribution >= 0.6 is 11.3 Å². The summed E-state index contributed by atoms with van der Waals surface area (Å²) in [6, 6.07) is 2.00. The van der Waals surface area contributed by atoms with Gasteiger partial charge in [0.1, 0.15) is 5.01 Å². The van der Waals surface area contributed by atoms with Crippen LogP contribution in [0, 0.1) is 6.92 Å². The molecule has 0 bridgehead atoms. The Hall–Kier alpha value is -1.43. The third-order valence-electron chi connectivity index (χ3n) is 2.05. The zero-order chi connectivity index (χ0) is 10.7. The molecule has 0 spiro atoms. The largest absolute Gasteiger partial charge is 0.354 e. The molecule has 15 heavy (non-hydrogen) atoms. The van der Waals surface area contributed by atoms with Crippen LogP contribution in [-0.2, 0) is 13.1 Å². The number of nitrogens with zero attached hydrogens (tertiary/aromatic N) is 4. The summed E-state index contributed by atoms with van der Waals surface area (Å²) in [5.41, 5.74) is 1.16. The second-order valence-electron chi connectivity index (χ2n) is 3.12. The third-order valence-corrected chi connectivity index (χ3v) is 2.85. The van der Waals surface area contributed by atoms with Crippen LogP contribution in [0.15, 0.2) is 12.3 Å². The van der Waals surface area contributed by atoms with Crippen molar-refractivity contribution >= 4 is 16.5 Å². The van der Waals surface area contributed by atoms with E-state index >= 15 is 0 Å². The average molecular weight is 223 g/mol. The normalized spacial score (nSPS) is 10.5. The minimum atomic E-state index is 0.739. The van der Waals surface area contributed by atoms with Crippen LogP contribution in [-0.4, -0.2) is 20.0 Å². The second-order valence-corrected chi connectivity index (χ2v) is 4.30. The lowest BCUT2D eigenvalue weighted by molar-refractivity contribution is 0.627. The van der Waals surface area contributed by atoms with Crippen molar-refractivity contribution in [1.82, 2.24) is 20.0 Å². The monoisotopic (exact) mass is 223 g/mol. The Labute approximate surface area is 92.2 Å². The molecule has 0 fully saturated rings. The molecule has 80 valence electrons. The van der Waals surface area contributed by atoms with Gasteiger partial charge in [0, 0.05) is 12.7 Å². The lowest BCUT2D eigenvalue weighted by Gasteiger charge is -2.04. The van der Waals surface area contributed by atoms with E-state index in [1.165, 1.54) is 0 Å². The lowest BCUT2D eigenvalue weighted by atomic mass is 10.4. The Bertz CT molecular complexity index is 433. The van der Waals surface area contributed by atoms with E-state index in [0.29, 0.717) is 0 Å². The third kappa shape index (κ3) is 2.33. The fourth-order valence-corrected chi connectivity index (χ4v) is 1.92. The molecule has 0 aliphatic carbocycles. The van der Waals surface area contributed by atoms with Gasteiger partial charge in [-0.25, -0.2) is 0 Å². The molecule has 6 heteroatoms.